The number of halogens is 2. The van der Waals surface area contributed by atoms with Gasteiger partial charge in [-0.15, -0.1) is 0 Å². The maximum absolute atomic E-state index is 6.19. The average molecular weight is 274 g/mol. The van der Waals surface area contributed by atoms with Crippen molar-refractivity contribution in [1.29, 1.82) is 0 Å². The van der Waals surface area contributed by atoms with E-state index >= 15 is 0 Å². The summed E-state index contributed by atoms with van der Waals surface area (Å²) in [5.41, 5.74) is 7.29. The summed E-state index contributed by atoms with van der Waals surface area (Å²) in [4.78, 5) is 0. The SMILES string of the molecule is COC(C(N)Cc1ccc(Cl)c(Cl)c1)C1CC1. The van der Waals surface area contributed by atoms with Gasteiger partial charge in [0.25, 0.3) is 0 Å². The molecule has 0 bridgehead atoms. The summed E-state index contributed by atoms with van der Waals surface area (Å²) in [7, 11) is 1.73. The first-order chi connectivity index (χ1) is 8.11. The molecule has 1 aliphatic rings. The summed E-state index contributed by atoms with van der Waals surface area (Å²) >= 11 is 11.9. The van der Waals surface area contributed by atoms with E-state index in [0.717, 1.165) is 12.0 Å². The van der Waals surface area contributed by atoms with Gasteiger partial charge in [-0.25, -0.2) is 0 Å². The van der Waals surface area contributed by atoms with Gasteiger partial charge in [0, 0.05) is 13.2 Å². The molecule has 0 amide bonds. The van der Waals surface area contributed by atoms with Crippen molar-refractivity contribution in [2.24, 2.45) is 11.7 Å². The van der Waals surface area contributed by atoms with Gasteiger partial charge < -0.3 is 10.5 Å². The Morgan fingerprint density at radius 1 is 1.35 bits per heavy atom. The zero-order valence-corrected chi connectivity index (χ0v) is 11.3. The molecule has 0 aromatic heterocycles. The highest BCUT2D eigenvalue weighted by atomic mass is 35.5. The second-order valence-electron chi connectivity index (χ2n) is 4.65. The van der Waals surface area contributed by atoms with Crippen LogP contribution in [0.15, 0.2) is 18.2 Å². The first-order valence-electron chi connectivity index (χ1n) is 5.84. The van der Waals surface area contributed by atoms with Crippen LogP contribution in [-0.2, 0) is 11.2 Å². The third-order valence-corrected chi connectivity index (χ3v) is 3.98. The second-order valence-corrected chi connectivity index (χ2v) is 5.47. The third-order valence-electron chi connectivity index (χ3n) is 3.24. The lowest BCUT2D eigenvalue weighted by atomic mass is 9.99. The van der Waals surface area contributed by atoms with Crippen LogP contribution in [0.4, 0.5) is 0 Å². The summed E-state index contributed by atoms with van der Waals surface area (Å²) in [6.45, 7) is 0. The average Bonchev–Trinajstić information content (AvgIpc) is 3.09. The van der Waals surface area contributed by atoms with Gasteiger partial charge in [0.1, 0.15) is 0 Å². The molecule has 4 heteroatoms. The van der Waals surface area contributed by atoms with E-state index in [9.17, 15) is 0 Å². The fourth-order valence-electron chi connectivity index (χ4n) is 2.20. The van der Waals surface area contributed by atoms with Crippen LogP contribution in [0.5, 0.6) is 0 Å². The van der Waals surface area contributed by atoms with E-state index < -0.39 is 0 Å². The predicted octanol–water partition coefficient (Wildman–Crippen LogP) is 3.29. The van der Waals surface area contributed by atoms with Crippen LogP contribution < -0.4 is 5.73 Å². The minimum atomic E-state index is 0.0183. The van der Waals surface area contributed by atoms with Crippen LogP contribution in [-0.4, -0.2) is 19.3 Å². The standard InChI is InChI=1S/C13H17Cl2NO/c1-17-13(9-3-4-9)12(16)7-8-2-5-10(14)11(15)6-8/h2,5-6,9,12-13H,3-4,7,16H2,1H3. The van der Waals surface area contributed by atoms with Gasteiger partial charge in [-0.3, -0.25) is 0 Å². The zero-order valence-electron chi connectivity index (χ0n) is 9.83. The highest BCUT2D eigenvalue weighted by molar-refractivity contribution is 6.42. The molecule has 1 fully saturated rings. The van der Waals surface area contributed by atoms with Crippen LogP contribution in [0.1, 0.15) is 18.4 Å². The molecule has 2 nitrogen and oxygen atoms in total. The summed E-state index contributed by atoms with van der Waals surface area (Å²) in [5.74, 6) is 0.637. The fourth-order valence-corrected chi connectivity index (χ4v) is 2.52. The van der Waals surface area contributed by atoms with E-state index in [1.54, 1.807) is 7.11 Å². The lowest BCUT2D eigenvalue weighted by Crippen LogP contribution is -2.39. The van der Waals surface area contributed by atoms with Gasteiger partial charge in [-0.2, -0.15) is 0 Å². The monoisotopic (exact) mass is 273 g/mol. The summed E-state index contributed by atoms with van der Waals surface area (Å²) < 4.78 is 5.48. The number of benzene rings is 1. The van der Waals surface area contributed by atoms with E-state index in [-0.39, 0.29) is 12.1 Å². The van der Waals surface area contributed by atoms with E-state index in [1.165, 1.54) is 12.8 Å². The van der Waals surface area contributed by atoms with Crippen molar-refractivity contribution >= 4 is 23.2 Å². The normalized spacial score (nSPS) is 19.1. The van der Waals surface area contributed by atoms with Gasteiger partial charge in [0.15, 0.2) is 0 Å². The minimum absolute atomic E-state index is 0.0183. The molecule has 1 aromatic rings. The smallest absolute Gasteiger partial charge is 0.0753 e. The molecule has 17 heavy (non-hydrogen) atoms. The number of rotatable bonds is 5. The highest BCUT2D eigenvalue weighted by Gasteiger charge is 2.35. The van der Waals surface area contributed by atoms with Crippen LogP contribution in [0.2, 0.25) is 10.0 Å². The molecule has 0 heterocycles. The number of hydrogen-bond donors (Lipinski definition) is 1. The van der Waals surface area contributed by atoms with Crippen molar-refractivity contribution in [2.75, 3.05) is 7.11 Å². The van der Waals surface area contributed by atoms with Gasteiger partial charge >= 0.3 is 0 Å². The summed E-state index contributed by atoms with van der Waals surface area (Å²) in [6.07, 6.45) is 3.39. The maximum Gasteiger partial charge on any atom is 0.0753 e. The molecule has 2 N–H and O–H groups in total. The Morgan fingerprint density at radius 3 is 2.59 bits per heavy atom. The molecule has 0 aliphatic heterocycles. The first kappa shape index (κ1) is 13.2. The van der Waals surface area contributed by atoms with Crippen LogP contribution >= 0.6 is 23.2 Å². The van der Waals surface area contributed by atoms with Gasteiger partial charge in [-0.05, 0) is 42.9 Å². The van der Waals surface area contributed by atoms with Crippen LogP contribution in [0.3, 0.4) is 0 Å². The molecule has 2 atom stereocenters. The molecule has 1 aromatic carbocycles. The van der Waals surface area contributed by atoms with Crippen LogP contribution in [0, 0.1) is 5.92 Å². The molecule has 94 valence electrons. The van der Waals surface area contributed by atoms with Crippen molar-refractivity contribution in [1.82, 2.24) is 0 Å². The predicted molar refractivity (Wildman–Crippen MR) is 71.7 cm³/mol. The molecule has 0 radical (unpaired) electrons. The van der Waals surface area contributed by atoms with Crippen molar-refractivity contribution in [3.63, 3.8) is 0 Å². The Kier molecular flexibility index (Phi) is 4.31. The molecule has 0 saturated heterocycles. The molecular weight excluding hydrogens is 257 g/mol. The van der Waals surface area contributed by atoms with Crippen molar-refractivity contribution in [3.05, 3.63) is 33.8 Å². The number of ether oxygens (including phenoxy) is 1. The van der Waals surface area contributed by atoms with Gasteiger partial charge in [0.05, 0.1) is 16.1 Å². The Hall–Kier alpha value is -0.280. The quantitative estimate of drug-likeness (QED) is 0.894. The van der Waals surface area contributed by atoms with Crippen molar-refractivity contribution in [3.8, 4) is 0 Å². The Bertz CT molecular complexity index is 393. The number of methoxy groups -OCH3 is 1. The molecule has 1 saturated carbocycles. The Balaban J connectivity index is 2.01. The van der Waals surface area contributed by atoms with Crippen molar-refractivity contribution < 1.29 is 4.74 Å². The number of hydrogen-bond acceptors (Lipinski definition) is 2. The maximum atomic E-state index is 6.19. The fraction of sp³-hybridized carbons (Fsp3) is 0.538. The molecular formula is C13H17Cl2NO. The van der Waals surface area contributed by atoms with E-state index in [1.807, 2.05) is 18.2 Å². The second kappa shape index (κ2) is 5.57. The topological polar surface area (TPSA) is 35.2 Å². The van der Waals surface area contributed by atoms with Gasteiger partial charge in [0.2, 0.25) is 0 Å². The zero-order chi connectivity index (χ0) is 12.4. The Labute approximate surface area is 112 Å². The molecule has 2 unspecified atom stereocenters. The Morgan fingerprint density at radius 2 is 2.06 bits per heavy atom. The largest absolute Gasteiger partial charge is 0.380 e. The van der Waals surface area contributed by atoms with E-state index in [4.69, 9.17) is 33.7 Å². The first-order valence-corrected chi connectivity index (χ1v) is 6.59. The van der Waals surface area contributed by atoms with Crippen molar-refractivity contribution in [2.45, 2.75) is 31.4 Å². The highest BCUT2D eigenvalue weighted by Crippen LogP contribution is 2.36. The minimum Gasteiger partial charge on any atom is -0.380 e. The van der Waals surface area contributed by atoms with E-state index in [2.05, 4.69) is 0 Å². The lowest BCUT2D eigenvalue weighted by Gasteiger charge is -2.22. The summed E-state index contributed by atoms with van der Waals surface area (Å²) in [5, 5.41) is 1.16. The molecule has 0 spiro atoms. The molecule has 2 rings (SSSR count). The van der Waals surface area contributed by atoms with Crippen LogP contribution in [0.25, 0.3) is 0 Å². The van der Waals surface area contributed by atoms with Gasteiger partial charge in [-0.1, -0.05) is 29.3 Å². The number of nitrogens with two attached hydrogens (primary N) is 1. The third kappa shape index (κ3) is 3.35. The lowest BCUT2D eigenvalue weighted by molar-refractivity contribution is 0.0627. The molecule has 1 aliphatic carbocycles. The summed E-state index contributed by atoms with van der Waals surface area (Å²) in [6, 6.07) is 5.67. The van der Waals surface area contributed by atoms with E-state index in [0.29, 0.717) is 16.0 Å².